The Morgan fingerprint density at radius 3 is 1.82 bits per heavy atom. The molecular weight excluding hydrogens is 797 g/mol. The highest BCUT2D eigenvalue weighted by Crippen LogP contribution is 2.48. The number of ketones is 2. The van der Waals surface area contributed by atoms with E-state index in [1.807, 2.05) is 62.1 Å². The lowest BCUT2D eigenvalue weighted by Crippen LogP contribution is -2.57. The summed E-state index contributed by atoms with van der Waals surface area (Å²) in [5.74, 6) is 0.413. The first-order valence-corrected chi connectivity index (χ1v) is 23.6. The van der Waals surface area contributed by atoms with Crippen molar-refractivity contribution in [2.24, 2.45) is 16.7 Å². The molecule has 4 heterocycles. The molecule has 0 unspecified atom stereocenters. The molecule has 0 bridgehead atoms. The van der Waals surface area contributed by atoms with Crippen molar-refractivity contribution in [3.8, 4) is 0 Å². The van der Waals surface area contributed by atoms with Gasteiger partial charge in [-0.15, -0.1) is 23.5 Å². The van der Waals surface area contributed by atoms with Crippen molar-refractivity contribution in [3.05, 3.63) is 65.2 Å². The van der Waals surface area contributed by atoms with Crippen LogP contribution in [0.2, 0.25) is 0 Å². The lowest BCUT2D eigenvalue weighted by molar-refractivity contribution is -0.144. The SMILES string of the molecule is CN[C@@H](C)C(=O)C[C@H]1CCS[C@H]2CC(C)(C)[C@@H](C(=O)Cc3ccc(CCc4ccc(NC(=O)[C@H]5N6C(=O)[C@@H](NC(=O)[C@H](C)NC)CCS[C@H]6CC5(C)C)cc4)cc3)N2C1=O. The van der Waals surface area contributed by atoms with Gasteiger partial charge in [0.15, 0.2) is 5.78 Å². The van der Waals surface area contributed by atoms with Gasteiger partial charge in [0, 0.05) is 24.4 Å². The van der Waals surface area contributed by atoms with E-state index in [0.717, 1.165) is 41.7 Å². The van der Waals surface area contributed by atoms with Crippen molar-refractivity contribution >= 4 is 64.4 Å². The quantitative estimate of drug-likeness (QED) is 0.193. The molecule has 0 spiro atoms. The summed E-state index contributed by atoms with van der Waals surface area (Å²) in [5.41, 5.74) is 2.99. The molecule has 326 valence electrons. The molecule has 4 saturated heterocycles. The fourth-order valence-electron chi connectivity index (χ4n) is 9.31. The third-order valence-electron chi connectivity index (χ3n) is 13.1. The summed E-state index contributed by atoms with van der Waals surface area (Å²) in [4.78, 5) is 84.9. The number of amides is 4. The van der Waals surface area contributed by atoms with Crippen LogP contribution in [0, 0.1) is 16.7 Å². The molecule has 6 rings (SSSR count). The van der Waals surface area contributed by atoms with Crippen molar-refractivity contribution < 1.29 is 28.8 Å². The Bertz CT molecular complexity index is 1780. The second kappa shape index (κ2) is 19.1. The molecular formula is C46H64N6O6S2. The molecule has 4 aliphatic rings. The summed E-state index contributed by atoms with van der Waals surface area (Å²) in [6.45, 7) is 11.8. The van der Waals surface area contributed by atoms with Crippen LogP contribution in [0.15, 0.2) is 48.5 Å². The number of anilines is 1. The summed E-state index contributed by atoms with van der Waals surface area (Å²) in [6.07, 6.45) is 4.59. The summed E-state index contributed by atoms with van der Waals surface area (Å²) < 4.78 is 0. The van der Waals surface area contributed by atoms with Crippen LogP contribution in [0.25, 0.3) is 0 Å². The molecule has 4 amide bonds. The highest BCUT2D eigenvalue weighted by Gasteiger charge is 2.55. The number of Topliss-reactive ketones (excluding diaryl/α,β-unsaturated/α-hetero) is 2. The number of carbonyl (C=O) groups is 6. The molecule has 0 aromatic heterocycles. The van der Waals surface area contributed by atoms with E-state index in [4.69, 9.17) is 0 Å². The predicted octanol–water partition coefficient (Wildman–Crippen LogP) is 4.98. The first-order valence-electron chi connectivity index (χ1n) is 21.5. The number of hydrogen-bond acceptors (Lipinski definition) is 10. The fourth-order valence-corrected chi connectivity index (χ4v) is 12.5. The van der Waals surface area contributed by atoms with Crippen LogP contribution in [0.5, 0.6) is 0 Å². The monoisotopic (exact) mass is 860 g/mol. The predicted molar refractivity (Wildman–Crippen MR) is 240 cm³/mol. The maximum atomic E-state index is 14.1. The van der Waals surface area contributed by atoms with E-state index in [9.17, 15) is 28.8 Å². The second-order valence-corrected chi connectivity index (χ2v) is 21.1. The van der Waals surface area contributed by atoms with Gasteiger partial charge in [-0.05, 0) is 118 Å². The summed E-state index contributed by atoms with van der Waals surface area (Å²) in [7, 11) is 3.45. The normalized spacial score (nSPS) is 26.9. The number of nitrogens with zero attached hydrogens (tertiary/aromatic N) is 2. The van der Waals surface area contributed by atoms with Crippen LogP contribution in [-0.2, 0) is 48.0 Å². The number of hydrogen-bond donors (Lipinski definition) is 4. The van der Waals surface area contributed by atoms with Gasteiger partial charge in [0.2, 0.25) is 23.6 Å². The zero-order chi connectivity index (χ0) is 43.5. The zero-order valence-corrected chi connectivity index (χ0v) is 38.1. The number of thioether (sulfide) groups is 2. The molecule has 4 N–H and O–H groups in total. The van der Waals surface area contributed by atoms with Gasteiger partial charge in [-0.25, -0.2) is 0 Å². The second-order valence-electron chi connectivity index (χ2n) is 18.5. The maximum Gasteiger partial charge on any atom is 0.247 e. The van der Waals surface area contributed by atoms with Gasteiger partial charge in [-0.2, -0.15) is 0 Å². The van der Waals surface area contributed by atoms with Crippen LogP contribution >= 0.6 is 23.5 Å². The molecule has 0 aliphatic carbocycles. The molecule has 60 heavy (non-hydrogen) atoms. The van der Waals surface area contributed by atoms with E-state index < -0.39 is 35.5 Å². The number of fused-ring (bicyclic) bond motifs is 2. The molecule has 0 radical (unpaired) electrons. The van der Waals surface area contributed by atoms with Gasteiger partial charge in [0.05, 0.1) is 28.9 Å². The molecule has 4 aliphatic heterocycles. The number of likely N-dealkylation sites (N-methyl/N-ethyl adjacent to an activating group) is 2. The Kier molecular flexibility index (Phi) is 14.6. The van der Waals surface area contributed by atoms with Gasteiger partial charge in [0.25, 0.3) is 0 Å². The average Bonchev–Trinajstić information content (AvgIpc) is 3.53. The lowest BCUT2D eigenvalue weighted by atomic mass is 9.80. The summed E-state index contributed by atoms with van der Waals surface area (Å²) in [5, 5.41) is 11.7. The van der Waals surface area contributed by atoms with Crippen LogP contribution < -0.4 is 21.3 Å². The van der Waals surface area contributed by atoms with Crippen molar-refractivity contribution in [2.45, 2.75) is 134 Å². The Balaban J connectivity index is 1.04. The molecule has 8 atom stereocenters. The average molecular weight is 861 g/mol. The van der Waals surface area contributed by atoms with Crippen LogP contribution in [0.3, 0.4) is 0 Å². The number of rotatable bonds is 15. The topological polar surface area (TPSA) is 157 Å². The molecule has 14 heteroatoms. The Morgan fingerprint density at radius 2 is 1.23 bits per heavy atom. The molecule has 2 aromatic carbocycles. The number of aryl methyl sites for hydroxylation is 2. The van der Waals surface area contributed by atoms with Gasteiger partial charge in [-0.3, -0.25) is 28.8 Å². The standard InChI is InChI=1S/C46H64N6O6S2/c1-27(47-7)35(53)24-32-19-21-59-37-25-45(3,4)39(51(37)43(32)57)36(54)23-31-13-11-29(12-14-31)9-10-30-15-17-33(18-16-30)49-42(56)40-46(5,6)26-38-52(40)44(58)34(20-22-60-38)50-41(55)28(2)48-8/h11-18,27-28,32,34,37-40,47-48H,9-10,19-26H2,1-8H3,(H,49,56)(H,50,55)/t27-,28-,32+,34-,37-,38-,39+,40+/m0/s1. The minimum absolute atomic E-state index is 0.0224. The van der Waals surface area contributed by atoms with Gasteiger partial charge >= 0.3 is 0 Å². The molecule has 4 fully saturated rings. The molecule has 2 aromatic rings. The van der Waals surface area contributed by atoms with E-state index in [0.29, 0.717) is 30.7 Å². The maximum absolute atomic E-state index is 14.1. The molecule has 0 saturated carbocycles. The van der Waals surface area contributed by atoms with Crippen LogP contribution in [0.4, 0.5) is 5.69 Å². The Labute approximate surface area is 364 Å². The van der Waals surface area contributed by atoms with Crippen LogP contribution in [-0.4, -0.2) is 112 Å². The highest BCUT2D eigenvalue weighted by atomic mass is 32.2. The third kappa shape index (κ3) is 10.1. The summed E-state index contributed by atoms with van der Waals surface area (Å²) in [6, 6.07) is 13.3. The van der Waals surface area contributed by atoms with E-state index in [-0.39, 0.29) is 70.2 Å². The summed E-state index contributed by atoms with van der Waals surface area (Å²) >= 11 is 3.41. The van der Waals surface area contributed by atoms with Crippen molar-refractivity contribution in [1.82, 2.24) is 25.8 Å². The van der Waals surface area contributed by atoms with Gasteiger partial charge in [0.1, 0.15) is 17.9 Å². The Morgan fingerprint density at radius 1 is 0.717 bits per heavy atom. The number of carbonyl (C=O) groups excluding carboxylic acids is 6. The first kappa shape index (κ1) is 45.8. The minimum Gasteiger partial charge on any atom is -0.343 e. The highest BCUT2D eigenvalue weighted by molar-refractivity contribution is 8.00. The van der Waals surface area contributed by atoms with E-state index >= 15 is 0 Å². The molecule has 12 nitrogen and oxygen atoms in total. The van der Waals surface area contributed by atoms with E-state index in [1.54, 1.807) is 49.4 Å². The van der Waals surface area contributed by atoms with E-state index in [2.05, 4.69) is 47.2 Å². The van der Waals surface area contributed by atoms with Crippen molar-refractivity contribution in [2.75, 3.05) is 30.9 Å². The number of nitrogens with one attached hydrogen (secondary N) is 4. The van der Waals surface area contributed by atoms with Gasteiger partial charge in [-0.1, -0.05) is 64.1 Å². The zero-order valence-electron chi connectivity index (χ0n) is 36.5. The fraction of sp³-hybridized carbons (Fsp3) is 0.609. The van der Waals surface area contributed by atoms with Crippen LogP contribution in [0.1, 0.15) is 90.3 Å². The smallest absolute Gasteiger partial charge is 0.247 e. The minimum atomic E-state index is -0.682. The Hall–Kier alpha value is -3.72. The van der Waals surface area contributed by atoms with Crippen molar-refractivity contribution in [1.29, 1.82) is 0 Å². The van der Waals surface area contributed by atoms with E-state index in [1.165, 1.54) is 0 Å². The van der Waals surface area contributed by atoms with Crippen molar-refractivity contribution in [3.63, 3.8) is 0 Å². The third-order valence-corrected chi connectivity index (χ3v) is 15.6. The number of benzene rings is 2. The largest absolute Gasteiger partial charge is 0.343 e. The first-order chi connectivity index (χ1) is 28.4. The lowest BCUT2D eigenvalue weighted by Gasteiger charge is -2.34. The van der Waals surface area contributed by atoms with Gasteiger partial charge < -0.3 is 31.1 Å².